The highest BCUT2D eigenvalue weighted by Crippen LogP contribution is 2.25. The van der Waals surface area contributed by atoms with Crippen molar-refractivity contribution < 1.29 is 9.18 Å². The van der Waals surface area contributed by atoms with Crippen LogP contribution in [0, 0.1) is 24.6 Å². The number of rotatable bonds is 1. The minimum Gasteiger partial charge on any atom is -0.368 e. The molecule has 0 spiro atoms. The minimum atomic E-state index is -0.529. The van der Waals surface area contributed by atoms with Gasteiger partial charge in [0, 0.05) is 47.8 Å². The molecule has 1 saturated heterocycles. The van der Waals surface area contributed by atoms with Gasteiger partial charge in [-0.3, -0.25) is 4.79 Å². The average molecular weight is 391 g/mol. The molecule has 0 aliphatic carbocycles. The van der Waals surface area contributed by atoms with Crippen molar-refractivity contribution in [2.75, 3.05) is 31.1 Å². The van der Waals surface area contributed by atoms with Crippen molar-refractivity contribution in [1.29, 1.82) is 0 Å². The molecule has 2 aromatic carbocycles. The van der Waals surface area contributed by atoms with Gasteiger partial charge in [0.25, 0.3) is 5.91 Å². The van der Waals surface area contributed by atoms with E-state index >= 15 is 0 Å². The van der Waals surface area contributed by atoms with E-state index in [0.29, 0.717) is 36.2 Å². The Morgan fingerprint density at radius 2 is 1.69 bits per heavy atom. The molecule has 1 heterocycles. The van der Waals surface area contributed by atoms with Gasteiger partial charge in [-0.05, 0) is 42.8 Å². The first kappa shape index (κ1) is 18.6. The van der Waals surface area contributed by atoms with Crippen LogP contribution in [0.15, 0.2) is 36.4 Å². The molecule has 0 N–H and O–H groups in total. The molecule has 1 amide bonds. The lowest BCUT2D eigenvalue weighted by atomic mass is 10.1. The zero-order chi connectivity index (χ0) is 18.7. The van der Waals surface area contributed by atoms with Crippen LogP contribution in [0.1, 0.15) is 11.1 Å². The zero-order valence-electron chi connectivity index (χ0n) is 14.2. The molecule has 6 heteroatoms. The molecule has 0 unspecified atom stereocenters. The second kappa shape index (κ2) is 7.99. The lowest BCUT2D eigenvalue weighted by Crippen LogP contribution is -2.48. The van der Waals surface area contributed by atoms with E-state index in [2.05, 4.69) is 16.7 Å². The van der Waals surface area contributed by atoms with Crippen LogP contribution in [0.5, 0.6) is 0 Å². The summed E-state index contributed by atoms with van der Waals surface area (Å²) in [5.74, 6) is 4.28. The second-order valence-electron chi connectivity index (χ2n) is 6.08. The number of nitrogens with zero attached hydrogens (tertiary/aromatic N) is 2. The van der Waals surface area contributed by atoms with E-state index in [-0.39, 0.29) is 11.5 Å². The number of carbonyl (C=O) groups excluding carboxylic acids is 1. The summed E-state index contributed by atoms with van der Waals surface area (Å²) >= 11 is 11.8. The fourth-order valence-electron chi connectivity index (χ4n) is 2.86. The summed E-state index contributed by atoms with van der Waals surface area (Å²) in [5.41, 5.74) is 2.39. The third-order valence-corrected chi connectivity index (χ3v) is 4.78. The Labute approximate surface area is 162 Å². The number of halogens is 3. The topological polar surface area (TPSA) is 23.6 Å². The summed E-state index contributed by atoms with van der Waals surface area (Å²) in [5, 5.41) is 0.992. The van der Waals surface area contributed by atoms with Crippen molar-refractivity contribution in [3.63, 3.8) is 0 Å². The van der Waals surface area contributed by atoms with Crippen LogP contribution in [0.2, 0.25) is 10.0 Å². The Bertz CT molecular complexity index is 896. The van der Waals surface area contributed by atoms with Crippen LogP contribution < -0.4 is 4.90 Å². The van der Waals surface area contributed by atoms with Gasteiger partial charge in [0.05, 0.1) is 5.56 Å². The van der Waals surface area contributed by atoms with Crippen LogP contribution >= 0.6 is 23.2 Å². The number of carbonyl (C=O) groups is 1. The third-order valence-electron chi connectivity index (χ3n) is 4.31. The van der Waals surface area contributed by atoms with E-state index in [1.807, 2.05) is 25.1 Å². The van der Waals surface area contributed by atoms with Crippen molar-refractivity contribution in [1.82, 2.24) is 4.90 Å². The van der Waals surface area contributed by atoms with Crippen molar-refractivity contribution in [3.8, 4) is 11.8 Å². The summed E-state index contributed by atoms with van der Waals surface area (Å²) < 4.78 is 13.7. The monoisotopic (exact) mass is 390 g/mol. The van der Waals surface area contributed by atoms with E-state index in [4.69, 9.17) is 23.2 Å². The molecule has 1 aliphatic heterocycles. The van der Waals surface area contributed by atoms with Crippen molar-refractivity contribution in [2.24, 2.45) is 0 Å². The van der Waals surface area contributed by atoms with Gasteiger partial charge in [0.1, 0.15) is 5.82 Å². The Balaban J connectivity index is 1.64. The molecule has 3 rings (SSSR count). The highest BCUT2D eigenvalue weighted by atomic mass is 35.5. The van der Waals surface area contributed by atoms with Gasteiger partial charge < -0.3 is 9.80 Å². The molecule has 134 valence electrons. The first-order valence-corrected chi connectivity index (χ1v) is 8.97. The number of amides is 1. The molecule has 26 heavy (non-hydrogen) atoms. The molecule has 1 aliphatic rings. The molecule has 3 nitrogen and oxygen atoms in total. The maximum absolute atomic E-state index is 13.7. The summed E-state index contributed by atoms with van der Waals surface area (Å²) in [6, 6.07) is 10.00. The Kier molecular flexibility index (Phi) is 5.70. The molecule has 0 atom stereocenters. The normalized spacial score (nSPS) is 14.0. The van der Waals surface area contributed by atoms with Gasteiger partial charge in [0.2, 0.25) is 0 Å². The smallest absolute Gasteiger partial charge is 0.298 e. The highest BCUT2D eigenvalue weighted by Gasteiger charge is 2.21. The number of benzene rings is 2. The fourth-order valence-corrected chi connectivity index (χ4v) is 3.19. The van der Waals surface area contributed by atoms with Gasteiger partial charge in [-0.25, -0.2) is 4.39 Å². The minimum absolute atomic E-state index is 0.163. The van der Waals surface area contributed by atoms with Crippen LogP contribution in [-0.2, 0) is 4.79 Å². The summed E-state index contributed by atoms with van der Waals surface area (Å²) in [6.45, 7) is 4.55. The van der Waals surface area contributed by atoms with Crippen LogP contribution in [-0.4, -0.2) is 37.0 Å². The number of hydrogen-bond acceptors (Lipinski definition) is 2. The van der Waals surface area contributed by atoms with Gasteiger partial charge in [-0.15, -0.1) is 0 Å². The number of piperazine rings is 1. The largest absolute Gasteiger partial charge is 0.368 e. The lowest BCUT2D eigenvalue weighted by molar-refractivity contribution is -0.125. The highest BCUT2D eigenvalue weighted by molar-refractivity contribution is 6.31. The van der Waals surface area contributed by atoms with Gasteiger partial charge in [-0.1, -0.05) is 35.2 Å². The predicted molar refractivity (Wildman–Crippen MR) is 103 cm³/mol. The molecule has 0 bridgehead atoms. The molecule has 0 radical (unpaired) electrons. The van der Waals surface area contributed by atoms with Crippen molar-refractivity contribution in [3.05, 3.63) is 63.4 Å². The first-order valence-electron chi connectivity index (χ1n) is 8.21. The number of aryl methyl sites for hydroxylation is 1. The molecule has 1 fully saturated rings. The third kappa shape index (κ3) is 4.30. The number of hydrogen-bond donors (Lipinski definition) is 0. The Morgan fingerprint density at radius 1 is 1.04 bits per heavy atom. The van der Waals surface area contributed by atoms with Crippen molar-refractivity contribution in [2.45, 2.75) is 6.92 Å². The van der Waals surface area contributed by atoms with Gasteiger partial charge in [0.15, 0.2) is 0 Å². The fraction of sp³-hybridized carbons (Fsp3) is 0.250. The summed E-state index contributed by atoms with van der Waals surface area (Å²) in [6.07, 6.45) is 0. The second-order valence-corrected chi connectivity index (χ2v) is 6.96. The van der Waals surface area contributed by atoms with Crippen LogP contribution in [0.3, 0.4) is 0 Å². The van der Waals surface area contributed by atoms with E-state index < -0.39 is 5.82 Å². The van der Waals surface area contributed by atoms with E-state index in [1.54, 1.807) is 11.0 Å². The van der Waals surface area contributed by atoms with E-state index in [9.17, 15) is 9.18 Å². The quantitative estimate of drug-likeness (QED) is 0.683. The van der Waals surface area contributed by atoms with Gasteiger partial charge >= 0.3 is 0 Å². The zero-order valence-corrected chi connectivity index (χ0v) is 15.7. The van der Waals surface area contributed by atoms with Crippen molar-refractivity contribution >= 4 is 34.8 Å². The molecule has 2 aromatic rings. The van der Waals surface area contributed by atoms with Crippen LogP contribution in [0.4, 0.5) is 10.1 Å². The average Bonchev–Trinajstić information content (AvgIpc) is 2.63. The van der Waals surface area contributed by atoms with Gasteiger partial charge in [-0.2, -0.15) is 0 Å². The maximum Gasteiger partial charge on any atom is 0.298 e. The molecular weight excluding hydrogens is 374 g/mol. The predicted octanol–water partition coefficient (Wildman–Crippen LogP) is 4.14. The SMILES string of the molecule is Cc1ccc(Cl)cc1N1CCN(C(=O)C#Cc2ccc(Cl)cc2F)CC1. The maximum atomic E-state index is 13.7. The molecule has 0 aromatic heterocycles. The van der Waals surface area contributed by atoms with Crippen LogP contribution in [0.25, 0.3) is 0 Å². The van der Waals surface area contributed by atoms with E-state index in [0.717, 1.165) is 11.3 Å². The standard InChI is InChI=1S/C20H17Cl2FN2O/c1-14-2-5-17(22)13-19(14)24-8-10-25(11-9-24)20(26)7-4-15-3-6-16(21)12-18(15)23/h2-3,5-6,12-13H,8-11H2,1H3. The summed E-state index contributed by atoms with van der Waals surface area (Å²) in [4.78, 5) is 16.2. The molecule has 0 saturated carbocycles. The Morgan fingerprint density at radius 3 is 2.38 bits per heavy atom. The number of anilines is 1. The lowest BCUT2D eigenvalue weighted by Gasteiger charge is -2.36. The Hall–Kier alpha value is -2.22. The molecular formula is C20H17Cl2FN2O. The first-order chi connectivity index (χ1) is 12.4. The van der Waals surface area contributed by atoms with E-state index in [1.165, 1.54) is 12.1 Å². The summed E-state index contributed by atoms with van der Waals surface area (Å²) in [7, 11) is 0.